The molecule has 2 rings (SSSR count). The molecule has 0 spiro atoms. The summed E-state index contributed by atoms with van der Waals surface area (Å²) in [6.45, 7) is 4.74. The van der Waals surface area contributed by atoms with Crippen LogP contribution in [0.2, 0.25) is 0 Å². The molecule has 0 fully saturated rings. The predicted molar refractivity (Wildman–Crippen MR) is 92.4 cm³/mol. The second-order valence-electron chi connectivity index (χ2n) is 5.67. The van der Waals surface area contributed by atoms with Crippen LogP contribution in [0.4, 0.5) is 5.69 Å². The van der Waals surface area contributed by atoms with Crippen molar-refractivity contribution in [2.75, 3.05) is 25.1 Å². The summed E-state index contributed by atoms with van der Waals surface area (Å²) in [7, 11) is 0. The van der Waals surface area contributed by atoms with Gasteiger partial charge in [0.2, 0.25) is 0 Å². The van der Waals surface area contributed by atoms with Crippen LogP contribution in [0.15, 0.2) is 18.2 Å². The van der Waals surface area contributed by atoms with Gasteiger partial charge in [0, 0.05) is 24.2 Å². The van der Waals surface area contributed by atoms with Gasteiger partial charge in [-0.25, -0.2) is 4.79 Å². The molecule has 1 aromatic carbocycles. The molecule has 136 valence electrons. The molecule has 1 amide bonds. The molecular weight excluding hydrogens is 324 g/mol. The van der Waals surface area contributed by atoms with E-state index in [0.717, 1.165) is 24.2 Å². The highest BCUT2D eigenvalue weighted by Gasteiger charge is 2.24. The van der Waals surface area contributed by atoms with E-state index in [1.54, 1.807) is 19.9 Å². The lowest BCUT2D eigenvalue weighted by molar-refractivity contribution is -0.146. The van der Waals surface area contributed by atoms with Crippen LogP contribution in [0, 0.1) is 0 Å². The quantitative estimate of drug-likeness (QED) is 0.694. The normalized spacial score (nSPS) is 13.4. The number of hydrogen-bond acceptors (Lipinski definition) is 6. The van der Waals surface area contributed by atoms with E-state index in [2.05, 4.69) is 10.6 Å². The number of amides is 1. The molecule has 1 heterocycles. The van der Waals surface area contributed by atoms with E-state index in [1.807, 2.05) is 12.1 Å². The molecule has 1 aromatic rings. The van der Waals surface area contributed by atoms with Gasteiger partial charge in [0.25, 0.3) is 5.91 Å². The summed E-state index contributed by atoms with van der Waals surface area (Å²) >= 11 is 0. The van der Waals surface area contributed by atoms with Gasteiger partial charge in [0.1, 0.15) is 6.04 Å². The summed E-state index contributed by atoms with van der Waals surface area (Å²) in [5.74, 6) is -1.32. The molecule has 1 atom stereocenters. The zero-order chi connectivity index (χ0) is 18.2. The summed E-state index contributed by atoms with van der Waals surface area (Å²) in [5.41, 5.74) is 2.58. The van der Waals surface area contributed by atoms with Crippen LogP contribution in [0.5, 0.6) is 0 Å². The molecule has 25 heavy (non-hydrogen) atoms. The molecule has 0 saturated carbocycles. The van der Waals surface area contributed by atoms with E-state index in [0.29, 0.717) is 5.56 Å². The number of carbonyl (C=O) groups excluding carboxylic acids is 3. The smallest absolute Gasteiger partial charge is 0.328 e. The van der Waals surface area contributed by atoms with Crippen molar-refractivity contribution in [2.24, 2.45) is 0 Å². The van der Waals surface area contributed by atoms with Crippen LogP contribution in [-0.4, -0.2) is 43.6 Å². The molecule has 2 N–H and O–H groups in total. The van der Waals surface area contributed by atoms with Gasteiger partial charge in [-0.05, 0) is 50.5 Å². The van der Waals surface area contributed by atoms with Gasteiger partial charge in [-0.15, -0.1) is 0 Å². The third-order valence-corrected chi connectivity index (χ3v) is 3.90. The number of benzene rings is 1. The van der Waals surface area contributed by atoms with Crippen molar-refractivity contribution in [3.8, 4) is 0 Å². The average Bonchev–Trinajstić information content (AvgIpc) is 3.06. The van der Waals surface area contributed by atoms with Crippen molar-refractivity contribution in [3.05, 3.63) is 29.3 Å². The molecule has 0 unspecified atom stereocenters. The first-order valence-corrected chi connectivity index (χ1v) is 8.55. The Hall–Kier alpha value is -2.57. The summed E-state index contributed by atoms with van der Waals surface area (Å²) < 4.78 is 9.85. The Morgan fingerprint density at radius 2 is 1.96 bits per heavy atom. The van der Waals surface area contributed by atoms with E-state index in [1.165, 1.54) is 0 Å². The lowest BCUT2D eigenvalue weighted by atomic mass is 10.1. The number of hydrogen-bond donors (Lipinski definition) is 2. The van der Waals surface area contributed by atoms with Crippen molar-refractivity contribution in [3.63, 3.8) is 0 Å². The minimum Gasteiger partial charge on any atom is -0.466 e. The lowest BCUT2D eigenvalue weighted by Crippen LogP contribution is -2.42. The van der Waals surface area contributed by atoms with Crippen molar-refractivity contribution in [1.29, 1.82) is 0 Å². The molecule has 1 aliphatic rings. The Morgan fingerprint density at radius 3 is 2.68 bits per heavy atom. The Morgan fingerprint density at radius 1 is 1.20 bits per heavy atom. The zero-order valence-corrected chi connectivity index (χ0v) is 14.6. The molecule has 1 aliphatic heterocycles. The Bertz CT molecular complexity index is 644. The average molecular weight is 348 g/mol. The van der Waals surface area contributed by atoms with E-state index >= 15 is 0 Å². The Balaban J connectivity index is 2.02. The van der Waals surface area contributed by atoms with Crippen LogP contribution in [0.3, 0.4) is 0 Å². The molecule has 7 heteroatoms. The van der Waals surface area contributed by atoms with Gasteiger partial charge in [0.15, 0.2) is 0 Å². The van der Waals surface area contributed by atoms with E-state index in [4.69, 9.17) is 9.47 Å². The van der Waals surface area contributed by atoms with E-state index in [-0.39, 0.29) is 32.0 Å². The fourth-order valence-electron chi connectivity index (χ4n) is 2.67. The minimum atomic E-state index is -0.886. The summed E-state index contributed by atoms with van der Waals surface area (Å²) in [4.78, 5) is 36.1. The number of ether oxygens (including phenoxy) is 2. The van der Waals surface area contributed by atoms with Gasteiger partial charge >= 0.3 is 11.9 Å². The maximum Gasteiger partial charge on any atom is 0.328 e. The summed E-state index contributed by atoms with van der Waals surface area (Å²) in [6.07, 6.45) is 1.03. The van der Waals surface area contributed by atoms with Crippen LogP contribution < -0.4 is 10.6 Å². The van der Waals surface area contributed by atoms with Gasteiger partial charge in [-0.1, -0.05) is 0 Å². The van der Waals surface area contributed by atoms with Gasteiger partial charge in [0.05, 0.1) is 13.2 Å². The Labute approximate surface area is 147 Å². The van der Waals surface area contributed by atoms with Gasteiger partial charge < -0.3 is 20.1 Å². The maximum atomic E-state index is 12.5. The highest BCUT2D eigenvalue weighted by molar-refractivity contribution is 5.97. The topological polar surface area (TPSA) is 93.7 Å². The maximum absolute atomic E-state index is 12.5. The monoisotopic (exact) mass is 348 g/mol. The molecule has 0 saturated heterocycles. The zero-order valence-electron chi connectivity index (χ0n) is 14.6. The SMILES string of the molecule is CCOC(=O)CC[C@H](NC(=O)c1ccc2c(c1)CCN2)C(=O)OCC. The largest absolute Gasteiger partial charge is 0.466 e. The number of rotatable bonds is 8. The second-order valence-corrected chi connectivity index (χ2v) is 5.67. The summed E-state index contributed by atoms with van der Waals surface area (Å²) in [6, 6.07) is 4.50. The lowest BCUT2D eigenvalue weighted by Gasteiger charge is -2.17. The molecule has 0 bridgehead atoms. The third-order valence-electron chi connectivity index (χ3n) is 3.90. The standard InChI is InChI=1S/C18H24N2O5/c1-3-24-16(21)8-7-15(18(23)25-4-2)20-17(22)13-5-6-14-12(11-13)9-10-19-14/h5-6,11,15,19H,3-4,7-10H2,1-2H3,(H,20,22)/t15-/m0/s1. The van der Waals surface area contributed by atoms with Crippen LogP contribution in [0.25, 0.3) is 0 Å². The fraction of sp³-hybridized carbons (Fsp3) is 0.500. The van der Waals surface area contributed by atoms with E-state index in [9.17, 15) is 14.4 Å². The molecule has 0 aliphatic carbocycles. The minimum absolute atomic E-state index is 0.0334. The number of carbonyl (C=O) groups is 3. The van der Waals surface area contributed by atoms with Crippen LogP contribution >= 0.6 is 0 Å². The first kappa shape index (κ1) is 18.8. The molecular formula is C18H24N2O5. The number of nitrogens with one attached hydrogen (secondary N) is 2. The predicted octanol–water partition coefficient (Wildman–Crippen LogP) is 1.66. The second kappa shape index (κ2) is 9.05. The molecule has 0 aromatic heterocycles. The van der Waals surface area contributed by atoms with Crippen molar-refractivity contribution in [1.82, 2.24) is 5.32 Å². The summed E-state index contributed by atoms with van der Waals surface area (Å²) in [5, 5.41) is 5.89. The first-order chi connectivity index (χ1) is 12.0. The molecule has 7 nitrogen and oxygen atoms in total. The van der Waals surface area contributed by atoms with Crippen molar-refractivity contribution in [2.45, 2.75) is 39.2 Å². The number of fused-ring (bicyclic) bond motifs is 1. The third kappa shape index (κ3) is 5.20. The molecule has 0 radical (unpaired) electrons. The van der Waals surface area contributed by atoms with Crippen LogP contribution in [0.1, 0.15) is 42.6 Å². The van der Waals surface area contributed by atoms with Gasteiger partial charge in [-0.3, -0.25) is 9.59 Å². The van der Waals surface area contributed by atoms with Gasteiger partial charge in [-0.2, -0.15) is 0 Å². The highest BCUT2D eigenvalue weighted by Crippen LogP contribution is 2.23. The fourth-order valence-corrected chi connectivity index (χ4v) is 2.67. The van der Waals surface area contributed by atoms with Crippen molar-refractivity contribution >= 4 is 23.5 Å². The van der Waals surface area contributed by atoms with Crippen LogP contribution in [-0.2, 0) is 25.5 Å². The Kier molecular flexibility index (Phi) is 6.80. The van der Waals surface area contributed by atoms with Crippen molar-refractivity contribution < 1.29 is 23.9 Å². The first-order valence-electron chi connectivity index (χ1n) is 8.55. The number of esters is 2. The highest BCUT2D eigenvalue weighted by atomic mass is 16.5. The number of anilines is 1. The van der Waals surface area contributed by atoms with E-state index < -0.39 is 18.0 Å².